The monoisotopic (exact) mass is 181 g/mol. The smallest absolute Gasteiger partial charge is 0.0621 e. The minimum absolute atomic E-state index is 0.663. The van der Waals surface area contributed by atoms with Crippen LogP contribution in [0.2, 0.25) is 0 Å². The lowest BCUT2D eigenvalue weighted by Gasteiger charge is -2.33. The van der Waals surface area contributed by atoms with Gasteiger partial charge in [-0.3, -0.25) is 4.90 Å². The molecule has 1 fully saturated rings. The van der Waals surface area contributed by atoms with Crippen molar-refractivity contribution in [2.24, 2.45) is 0 Å². The largest absolute Gasteiger partial charge is 0.314 e. The quantitative estimate of drug-likeness (QED) is 0.657. The van der Waals surface area contributed by atoms with Gasteiger partial charge < -0.3 is 5.32 Å². The van der Waals surface area contributed by atoms with Crippen molar-refractivity contribution >= 4 is 0 Å². The molecule has 0 amide bonds. The number of piperazine rings is 1. The number of nitrogens with zero attached hydrogens (tertiary/aromatic N) is 2. The molecule has 3 nitrogen and oxygen atoms in total. The van der Waals surface area contributed by atoms with Crippen LogP contribution in [0.4, 0.5) is 0 Å². The highest BCUT2D eigenvalue weighted by Gasteiger charge is 2.16. The molecular weight excluding hydrogens is 162 g/mol. The van der Waals surface area contributed by atoms with Crippen molar-refractivity contribution in [3.8, 4) is 6.07 Å². The van der Waals surface area contributed by atoms with Crippen molar-refractivity contribution < 1.29 is 0 Å². The predicted octanol–water partition coefficient (Wildman–Crippen LogP) is 0.974. The van der Waals surface area contributed by atoms with Gasteiger partial charge in [-0.05, 0) is 26.3 Å². The van der Waals surface area contributed by atoms with Crippen molar-refractivity contribution in [2.45, 2.75) is 32.2 Å². The second-order valence-electron chi connectivity index (χ2n) is 3.70. The zero-order valence-electron chi connectivity index (χ0n) is 8.42. The first-order chi connectivity index (χ1) is 6.34. The van der Waals surface area contributed by atoms with E-state index in [2.05, 4.69) is 23.2 Å². The Balaban J connectivity index is 2.09. The molecule has 0 bridgehead atoms. The van der Waals surface area contributed by atoms with E-state index in [0.717, 1.165) is 39.0 Å². The number of nitriles is 1. The van der Waals surface area contributed by atoms with Crippen LogP contribution in [0.15, 0.2) is 0 Å². The van der Waals surface area contributed by atoms with Crippen molar-refractivity contribution in [3.05, 3.63) is 0 Å². The van der Waals surface area contributed by atoms with E-state index in [9.17, 15) is 0 Å². The van der Waals surface area contributed by atoms with Crippen molar-refractivity contribution in [3.63, 3.8) is 0 Å². The standard InChI is InChI=1S/C10H19N3/c1-10-9-12-6-8-13(10)7-4-2-3-5-11/h10,12H,2-4,6-9H2,1H3/t10-/m1/s1. The molecule has 1 aliphatic rings. The van der Waals surface area contributed by atoms with Gasteiger partial charge in [0.2, 0.25) is 0 Å². The first-order valence-electron chi connectivity index (χ1n) is 5.16. The number of unbranched alkanes of at least 4 members (excludes halogenated alkanes) is 2. The molecule has 1 rings (SSSR count). The number of rotatable bonds is 4. The number of nitrogens with one attached hydrogen (secondary N) is 1. The summed E-state index contributed by atoms with van der Waals surface area (Å²) in [6, 6.07) is 2.85. The van der Waals surface area contributed by atoms with Crippen LogP contribution in [-0.4, -0.2) is 37.1 Å². The molecule has 0 spiro atoms. The summed E-state index contributed by atoms with van der Waals surface area (Å²) in [7, 11) is 0. The Morgan fingerprint density at radius 2 is 2.38 bits per heavy atom. The average Bonchev–Trinajstić information content (AvgIpc) is 2.15. The van der Waals surface area contributed by atoms with Gasteiger partial charge in [-0.15, -0.1) is 0 Å². The fourth-order valence-corrected chi connectivity index (χ4v) is 1.73. The molecule has 1 atom stereocenters. The molecule has 13 heavy (non-hydrogen) atoms. The first-order valence-corrected chi connectivity index (χ1v) is 5.16. The molecule has 0 aromatic heterocycles. The van der Waals surface area contributed by atoms with Crippen LogP contribution in [-0.2, 0) is 0 Å². The third kappa shape index (κ3) is 3.75. The van der Waals surface area contributed by atoms with Crippen LogP contribution >= 0.6 is 0 Å². The Hall–Kier alpha value is -0.590. The van der Waals surface area contributed by atoms with Crippen LogP contribution in [0.25, 0.3) is 0 Å². The maximum absolute atomic E-state index is 8.38. The molecule has 1 heterocycles. The van der Waals surface area contributed by atoms with E-state index >= 15 is 0 Å². The van der Waals surface area contributed by atoms with Gasteiger partial charge >= 0.3 is 0 Å². The summed E-state index contributed by atoms with van der Waals surface area (Å²) in [5.41, 5.74) is 0. The van der Waals surface area contributed by atoms with Gasteiger partial charge in [0.25, 0.3) is 0 Å². The van der Waals surface area contributed by atoms with Crippen molar-refractivity contribution in [2.75, 3.05) is 26.2 Å². The molecule has 0 unspecified atom stereocenters. The van der Waals surface area contributed by atoms with E-state index in [0.29, 0.717) is 12.5 Å². The summed E-state index contributed by atoms with van der Waals surface area (Å²) in [5, 5.41) is 11.8. The van der Waals surface area contributed by atoms with Gasteiger partial charge in [0.1, 0.15) is 0 Å². The van der Waals surface area contributed by atoms with E-state index in [1.165, 1.54) is 0 Å². The van der Waals surface area contributed by atoms with Crippen LogP contribution in [0.5, 0.6) is 0 Å². The summed E-state index contributed by atoms with van der Waals surface area (Å²) in [6.07, 6.45) is 2.92. The zero-order chi connectivity index (χ0) is 9.52. The lowest BCUT2D eigenvalue weighted by atomic mass is 10.2. The maximum atomic E-state index is 8.38. The van der Waals surface area contributed by atoms with Crippen LogP contribution in [0, 0.1) is 11.3 Å². The Bertz CT molecular complexity index is 173. The first kappa shape index (κ1) is 10.5. The van der Waals surface area contributed by atoms with Gasteiger partial charge in [0.05, 0.1) is 6.07 Å². The van der Waals surface area contributed by atoms with E-state index in [1.807, 2.05) is 0 Å². The minimum Gasteiger partial charge on any atom is -0.314 e. The second-order valence-corrected chi connectivity index (χ2v) is 3.70. The van der Waals surface area contributed by atoms with Crippen LogP contribution in [0.1, 0.15) is 26.2 Å². The lowest BCUT2D eigenvalue weighted by Crippen LogP contribution is -2.49. The molecule has 74 valence electrons. The summed E-state index contributed by atoms with van der Waals surface area (Å²) < 4.78 is 0. The molecule has 0 aliphatic carbocycles. The number of hydrogen-bond acceptors (Lipinski definition) is 3. The Labute approximate surface area is 80.7 Å². The third-order valence-corrected chi connectivity index (χ3v) is 2.62. The molecule has 1 aliphatic heterocycles. The topological polar surface area (TPSA) is 39.1 Å². The highest BCUT2D eigenvalue weighted by atomic mass is 15.2. The van der Waals surface area contributed by atoms with Gasteiger partial charge in [0.15, 0.2) is 0 Å². The van der Waals surface area contributed by atoms with Gasteiger partial charge in [-0.2, -0.15) is 5.26 Å². The summed E-state index contributed by atoms with van der Waals surface area (Å²) in [5.74, 6) is 0. The van der Waals surface area contributed by atoms with E-state index < -0.39 is 0 Å². The minimum atomic E-state index is 0.663. The average molecular weight is 181 g/mol. The number of hydrogen-bond donors (Lipinski definition) is 1. The Morgan fingerprint density at radius 3 is 3.08 bits per heavy atom. The third-order valence-electron chi connectivity index (χ3n) is 2.62. The lowest BCUT2D eigenvalue weighted by molar-refractivity contribution is 0.171. The van der Waals surface area contributed by atoms with Crippen molar-refractivity contribution in [1.29, 1.82) is 5.26 Å². The molecule has 0 aromatic carbocycles. The van der Waals surface area contributed by atoms with Crippen molar-refractivity contribution in [1.82, 2.24) is 10.2 Å². The Morgan fingerprint density at radius 1 is 1.54 bits per heavy atom. The van der Waals surface area contributed by atoms with Crippen LogP contribution < -0.4 is 5.32 Å². The predicted molar refractivity (Wildman–Crippen MR) is 53.4 cm³/mol. The summed E-state index contributed by atoms with van der Waals surface area (Å²) in [4.78, 5) is 2.51. The molecular formula is C10H19N3. The zero-order valence-corrected chi connectivity index (χ0v) is 8.42. The SMILES string of the molecule is C[C@@H]1CNCCN1CCCCC#N. The van der Waals surface area contributed by atoms with Crippen LogP contribution in [0.3, 0.4) is 0 Å². The molecule has 0 saturated carbocycles. The molecule has 0 aromatic rings. The molecule has 1 N–H and O–H groups in total. The van der Waals surface area contributed by atoms with E-state index in [4.69, 9.17) is 5.26 Å². The summed E-state index contributed by atoms with van der Waals surface area (Å²) >= 11 is 0. The van der Waals surface area contributed by atoms with E-state index in [1.54, 1.807) is 0 Å². The summed E-state index contributed by atoms with van der Waals surface area (Å²) in [6.45, 7) is 6.80. The fraction of sp³-hybridized carbons (Fsp3) is 0.900. The molecule has 3 heteroatoms. The fourth-order valence-electron chi connectivity index (χ4n) is 1.73. The molecule has 0 radical (unpaired) electrons. The van der Waals surface area contributed by atoms with Gasteiger partial charge in [-0.25, -0.2) is 0 Å². The van der Waals surface area contributed by atoms with Gasteiger partial charge in [0, 0.05) is 32.1 Å². The highest BCUT2D eigenvalue weighted by molar-refractivity contribution is 4.76. The van der Waals surface area contributed by atoms with E-state index in [-0.39, 0.29) is 0 Å². The Kier molecular flexibility index (Phi) is 4.81. The maximum Gasteiger partial charge on any atom is 0.0621 e. The van der Waals surface area contributed by atoms with Gasteiger partial charge in [-0.1, -0.05) is 0 Å². The normalized spacial score (nSPS) is 24.2. The second kappa shape index (κ2) is 5.95. The molecule has 1 saturated heterocycles. The highest BCUT2D eigenvalue weighted by Crippen LogP contribution is 2.05.